The molecule has 0 bridgehead atoms. The maximum absolute atomic E-state index is 12.3. The van der Waals surface area contributed by atoms with Crippen molar-refractivity contribution >= 4 is 6.09 Å². The minimum Gasteiger partial charge on any atom is -0.410 e. The van der Waals surface area contributed by atoms with Gasteiger partial charge in [0.25, 0.3) is 0 Å². The molecule has 1 saturated heterocycles. The monoisotopic (exact) mass is 281 g/mol. The molecule has 0 saturated carbocycles. The molecule has 21 heavy (non-hydrogen) atoms. The number of likely N-dealkylation sites (tertiary alicyclic amines) is 1. The predicted octanol–water partition coefficient (Wildman–Crippen LogP) is 4.34. The summed E-state index contributed by atoms with van der Waals surface area (Å²) >= 11 is 0. The number of para-hydroxylation sites is 1. The average molecular weight is 281 g/mol. The lowest BCUT2D eigenvalue weighted by molar-refractivity contribution is 0.143. The second-order valence-corrected chi connectivity index (χ2v) is 5.28. The Morgan fingerprint density at radius 3 is 2.29 bits per heavy atom. The van der Waals surface area contributed by atoms with Crippen LogP contribution in [0.15, 0.2) is 54.6 Å². The second-order valence-electron chi connectivity index (χ2n) is 5.28. The van der Waals surface area contributed by atoms with Crippen molar-refractivity contribution in [2.75, 3.05) is 13.1 Å². The molecule has 1 fully saturated rings. The van der Waals surface area contributed by atoms with Gasteiger partial charge in [0.05, 0.1) is 0 Å². The van der Waals surface area contributed by atoms with Gasteiger partial charge in [-0.05, 0) is 30.9 Å². The van der Waals surface area contributed by atoms with Crippen LogP contribution in [0.2, 0.25) is 0 Å². The van der Waals surface area contributed by atoms with Gasteiger partial charge in [0.1, 0.15) is 5.75 Å². The SMILES string of the molecule is O=C(Oc1ccccc1-c1ccccc1)N1CCCCC1. The number of hydrogen-bond donors (Lipinski definition) is 0. The highest BCUT2D eigenvalue weighted by Crippen LogP contribution is 2.30. The Labute approximate surface area is 125 Å². The van der Waals surface area contributed by atoms with E-state index in [9.17, 15) is 4.79 Å². The summed E-state index contributed by atoms with van der Waals surface area (Å²) in [5, 5.41) is 0. The van der Waals surface area contributed by atoms with Crippen LogP contribution in [0.1, 0.15) is 19.3 Å². The first-order valence-corrected chi connectivity index (χ1v) is 7.46. The third-order valence-corrected chi connectivity index (χ3v) is 3.78. The van der Waals surface area contributed by atoms with Crippen molar-refractivity contribution in [1.29, 1.82) is 0 Å². The molecule has 3 rings (SSSR count). The number of hydrogen-bond acceptors (Lipinski definition) is 2. The van der Waals surface area contributed by atoms with Gasteiger partial charge in [0, 0.05) is 18.7 Å². The first kappa shape index (κ1) is 13.7. The highest BCUT2D eigenvalue weighted by atomic mass is 16.6. The number of benzene rings is 2. The summed E-state index contributed by atoms with van der Waals surface area (Å²) in [6.45, 7) is 1.60. The van der Waals surface area contributed by atoms with E-state index < -0.39 is 0 Å². The third-order valence-electron chi connectivity index (χ3n) is 3.78. The van der Waals surface area contributed by atoms with E-state index in [4.69, 9.17) is 4.74 Å². The van der Waals surface area contributed by atoms with Crippen molar-refractivity contribution in [2.45, 2.75) is 19.3 Å². The molecule has 0 N–H and O–H groups in total. The Kier molecular flexibility index (Phi) is 4.20. The second kappa shape index (κ2) is 6.44. The highest BCUT2D eigenvalue weighted by Gasteiger charge is 2.19. The van der Waals surface area contributed by atoms with Gasteiger partial charge in [-0.25, -0.2) is 4.79 Å². The molecule has 1 aliphatic rings. The van der Waals surface area contributed by atoms with Gasteiger partial charge in [-0.1, -0.05) is 48.5 Å². The van der Waals surface area contributed by atoms with Crippen LogP contribution in [0.3, 0.4) is 0 Å². The van der Waals surface area contributed by atoms with Crippen LogP contribution >= 0.6 is 0 Å². The van der Waals surface area contributed by atoms with Gasteiger partial charge in [-0.3, -0.25) is 0 Å². The van der Waals surface area contributed by atoms with E-state index >= 15 is 0 Å². The largest absolute Gasteiger partial charge is 0.415 e. The first-order valence-electron chi connectivity index (χ1n) is 7.46. The van der Waals surface area contributed by atoms with Crippen molar-refractivity contribution in [1.82, 2.24) is 4.90 Å². The molecule has 1 amide bonds. The van der Waals surface area contributed by atoms with Crippen LogP contribution in [0.5, 0.6) is 5.75 Å². The molecule has 3 heteroatoms. The van der Waals surface area contributed by atoms with E-state index in [1.807, 2.05) is 54.6 Å². The van der Waals surface area contributed by atoms with E-state index in [0.717, 1.165) is 37.1 Å². The molecular formula is C18H19NO2. The van der Waals surface area contributed by atoms with Crippen molar-refractivity contribution in [2.24, 2.45) is 0 Å². The van der Waals surface area contributed by atoms with Gasteiger partial charge >= 0.3 is 6.09 Å². The van der Waals surface area contributed by atoms with Crippen LogP contribution < -0.4 is 4.74 Å². The quantitative estimate of drug-likeness (QED) is 0.819. The minimum atomic E-state index is -0.238. The zero-order valence-corrected chi connectivity index (χ0v) is 12.0. The Balaban J connectivity index is 1.81. The zero-order valence-electron chi connectivity index (χ0n) is 12.0. The van der Waals surface area contributed by atoms with E-state index in [1.54, 1.807) is 4.90 Å². The van der Waals surface area contributed by atoms with Crippen LogP contribution in [0, 0.1) is 0 Å². The Hall–Kier alpha value is -2.29. The van der Waals surface area contributed by atoms with Crippen LogP contribution in [-0.2, 0) is 0 Å². The number of carbonyl (C=O) groups is 1. The molecule has 0 radical (unpaired) electrons. The molecule has 2 aromatic rings. The summed E-state index contributed by atoms with van der Waals surface area (Å²) in [6.07, 6.45) is 3.09. The van der Waals surface area contributed by atoms with Gasteiger partial charge in [0.2, 0.25) is 0 Å². The van der Waals surface area contributed by atoms with E-state index in [0.29, 0.717) is 5.75 Å². The fourth-order valence-electron chi connectivity index (χ4n) is 2.65. The summed E-state index contributed by atoms with van der Waals surface area (Å²) < 4.78 is 5.63. The molecule has 0 spiro atoms. The Morgan fingerprint density at radius 2 is 1.52 bits per heavy atom. The number of carbonyl (C=O) groups excluding carboxylic acids is 1. The number of piperidine rings is 1. The number of amides is 1. The summed E-state index contributed by atoms with van der Waals surface area (Å²) in [6, 6.07) is 17.7. The van der Waals surface area contributed by atoms with Crippen molar-refractivity contribution < 1.29 is 9.53 Å². The maximum Gasteiger partial charge on any atom is 0.415 e. The van der Waals surface area contributed by atoms with Gasteiger partial charge in [-0.15, -0.1) is 0 Å². The van der Waals surface area contributed by atoms with Gasteiger partial charge < -0.3 is 9.64 Å². The molecule has 0 aromatic heterocycles. The molecular weight excluding hydrogens is 262 g/mol. The van der Waals surface area contributed by atoms with Crippen LogP contribution in [0.4, 0.5) is 4.79 Å². The lowest BCUT2D eigenvalue weighted by atomic mass is 10.1. The third kappa shape index (κ3) is 3.24. The van der Waals surface area contributed by atoms with Gasteiger partial charge in [0.15, 0.2) is 0 Å². The first-order chi connectivity index (χ1) is 10.3. The van der Waals surface area contributed by atoms with Crippen molar-refractivity contribution in [3.63, 3.8) is 0 Å². The molecule has 3 nitrogen and oxygen atoms in total. The summed E-state index contributed by atoms with van der Waals surface area (Å²) in [7, 11) is 0. The van der Waals surface area contributed by atoms with Crippen LogP contribution in [-0.4, -0.2) is 24.1 Å². The van der Waals surface area contributed by atoms with E-state index in [-0.39, 0.29) is 6.09 Å². The minimum absolute atomic E-state index is 0.238. The maximum atomic E-state index is 12.3. The Morgan fingerprint density at radius 1 is 0.857 bits per heavy atom. The summed E-state index contributed by atoms with van der Waals surface area (Å²) in [5.41, 5.74) is 2.00. The van der Waals surface area contributed by atoms with Gasteiger partial charge in [-0.2, -0.15) is 0 Å². The number of rotatable bonds is 2. The van der Waals surface area contributed by atoms with Crippen molar-refractivity contribution in [3.8, 4) is 16.9 Å². The zero-order chi connectivity index (χ0) is 14.5. The molecule has 0 unspecified atom stereocenters. The molecule has 0 aliphatic carbocycles. The lowest BCUT2D eigenvalue weighted by Crippen LogP contribution is -2.37. The Bertz CT molecular complexity index is 604. The number of ether oxygens (including phenoxy) is 1. The summed E-state index contributed by atoms with van der Waals surface area (Å²) in [5.74, 6) is 0.624. The fraction of sp³-hybridized carbons (Fsp3) is 0.278. The smallest absolute Gasteiger partial charge is 0.410 e. The average Bonchev–Trinajstić information content (AvgIpc) is 2.57. The van der Waals surface area contributed by atoms with E-state index in [1.165, 1.54) is 6.42 Å². The molecule has 0 atom stereocenters. The topological polar surface area (TPSA) is 29.5 Å². The van der Waals surface area contributed by atoms with Crippen LogP contribution in [0.25, 0.3) is 11.1 Å². The molecule has 1 heterocycles. The highest BCUT2D eigenvalue weighted by molar-refractivity contribution is 5.77. The molecule has 1 aliphatic heterocycles. The number of nitrogens with zero attached hydrogens (tertiary/aromatic N) is 1. The fourth-order valence-corrected chi connectivity index (χ4v) is 2.65. The van der Waals surface area contributed by atoms with Crippen molar-refractivity contribution in [3.05, 3.63) is 54.6 Å². The van der Waals surface area contributed by atoms with E-state index in [2.05, 4.69) is 0 Å². The summed E-state index contributed by atoms with van der Waals surface area (Å²) in [4.78, 5) is 14.1. The lowest BCUT2D eigenvalue weighted by Gasteiger charge is -2.26. The standard InChI is InChI=1S/C18H19NO2/c20-18(19-13-7-2-8-14-19)21-17-12-6-5-11-16(17)15-9-3-1-4-10-15/h1,3-6,9-12H,2,7-8,13-14H2. The predicted molar refractivity (Wildman–Crippen MR) is 83.3 cm³/mol. The molecule has 108 valence electrons. The molecule has 2 aromatic carbocycles. The normalized spacial score (nSPS) is 14.8.